The molecule has 3 rings (SSSR count). The first-order valence-electron chi connectivity index (χ1n) is 9.40. The molecular formula is C21H26N4O2. The molecule has 0 saturated carbocycles. The molecule has 1 aliphatic heterocycles. The molecule has 6 nitrogen and oxygen atoms in total. The van der Waals surface area contributed by atoms with Crippen LogP contribution in [0.15, 0.2) is 48.7 Å². The number of carbonyl (C=O) groups excluding carboxylic acids is 2. The van der Waals surface area contributed by atoms with E-state index >= 15 is 0 Å². The molecule has 1 aromatic carbocycles. The Morgan fingerprint density at radius 2 is 1.96 bits per heavy atom. The van der Waals surface area contributed by atoms with Crippen LogP contribution in [0.1, 0.15) is 43.5 Å². The highest BCUT2D eigenvalue weighted by Crippen LogP contribution is 2.29. The quantitative estimate of drug-likeness (QED) is 0.824. The SMILES string of the molecule is CC(=O)Nc1ccc(CNC(=O)CN2CCCC[C@@H]2c2ccccn2)cc1. The van der Waals surface area contributed by atoms with Gasteiger partial charge in [0.2, 0.25) is 11.8 Å². The first kappa shape index (κ1) is 19.0. The lowest BCUT2D eigenvalue weighted by molar-refractivity contribution is -0.123. The molecule has 1 aliphatic rings. The number of nitrogens with zero attached hydrogens (tertiary/aromatic N) is 2. The van der Waals surface area contributed by atoms with Gasteiger partial charge in [-0.25, -0.2) is 0 Å². The zero-order valence-electron chi connectivity index (χ0n) is 15.6. The molecule has 27 heavy (non-hydrogen) atoms. The second-order valence-corrected chi connectivity index (χ2v) is 6.89. The standard InChI is InChI=1S/C21H26N4O2/c1-16(26)24-18-10-8-17(9-11-18)14-23-21(27)15-25-13-5-3-7-20(25)19-6-2-4-12-22-19/h2,4,6,8-12,20H,3,5,7,13-15H2,1H3,(H,23,27)(H,24,26)/t20-/m1/s1. The van der Waals surface area contributed by atoms with Crippen LogP contribution in [-0.4, -0.2) is 34.8 Å². The van der Waals surface area contributed by atoms with Gasteiger partial charge in [-0.05, 0) is 49.2 Å². The summed E-state index contributed by atoms with van der Waals surface area (Å²) in [5, 5.41) is 5.72. The van der Waals surface area contributed by atoms with E-state index in [1.165, 1.54) is 13.3 Å². The number of hydrogen-bond acceptors (Lipinski definition) is 4. The Morgan fingerprint density at radius 3 is 2.67 bits per heavy atom. The molecule has 1 saturated heterocycles. The lowest BCUT2D eigenvalue weighted by atomic mass is 9.99. The van der Waals surface area contributed by atoms with Gasteiger partial charge >= 0.3 is 0 Å². The molecule has 2 amide bonds. The third kappa shape index (κ3) is 5.62. The van der Waals surface area contributed by atoms with E-state index in [1.807, 2.05) is 48.7 Å². The van der Waals surface area contributed by atoms with Crippen LogP contribution >= 0.6 is 0 Å². The first-order valence-corrected chi connectivity index (χ1v) is 9.40. The third-order valence-electron chi connectivity index (χ3n) is 4.75. The molecular weight excluding hydrogens is 340 g/mol. The summed E-state index contributed by atoms with van der Waals surface area (Å²) in [5.41, 5.74) is 2.79. The number of nitrogens with one attached hydrogen (secondary N) is 2. The van der Waals surface area contributed by atoms with E-state index in [2.05, 4.69) is 20.5 Å². The first-order chi connectivity index (χ1) is 13.1. The van der Waals surface area contributed by atoms with Crippen molar-refractivity contribution in [2.45, 2.75) is 38.8 Å². The van der Waals surface area contributed by atoms with Gasteiger partial charge < -0.3 is 10.6 Å². The fourth-order valence-corrected chi connectivity index (χ4v) is 3.44. The van der Waals surface area contributed by atoms with Crippen LogP contribution in [0.4, 0.5) is 5.69 Å². The molecule has 1 atom stereocenters. The lowest BCUT2D eigenvalue weighted by Crippen LogP contribution is -2.41. The Balaban J connectivity index is 1.52. The molecule has 2 N–H and O–H groups in total. The van der Waals surface area contributed by atoms with E-state index in [9.17, 15) is 9.59 Å². The van der Waals surface area contributed by atoms with Gasteiger partial charge in [-0.2, -0.15) is 0 Å². The maximum absolute atomic E-state index is 12.4. The third-order valence-corrected chi connectivity index (χ3v) is 4.75. The van der Waals surface area contributed by atoms with Crippen molar-refractivity contribution in [2.75, 3.05) is 18.4 Å². The molecule has 0 unspecified atom stereocenters. The summed E-state index contributed by atoms with van der Waals surface area (Å²) in [7, 11) is 0. The van der Waals surface area contributed by atoms with Crippen molar-refractivity contribution in [1.29, 1.82) is 0 Å². The van der Waals surface area contributed by atoms with Crippen LogP contribution in [-0.2, 0) is 16.1 Å². The average molecular weight is 366 g/mol. The van der Waals surface area contributed by atoms with Crippen molar-refractivity contribution < 1.29 is 9.59 Å². The molecule has 0 aliphatic carbocycles. The van der Waals surface area contributed by atoms with Crippen LogP contribution in [0.3, 0.4) is 0 Å². The second kappa shape index (κ2) is 9.28. The van der Waals surface area contributed by atoms with Crippen LogP contribution < -0.4 is 10.6 Å². The van der Waals surface area contributed by atoms with Gasteiger partial charge in [0, 0.05) is 25.4 Å². The Morgan fingerprint density at radius 1 is 1.15 bits per heavy atom. The molecule has 6 heteroatoms. The molecule has 0 spiro atoms. The molecule has 2 heterocycles. The summed E-state index contributed by atoms with van der Waals surface area (Å²) >= 11 is 0. The number of hydrogen-bond donors (Lipinski definition) is 2. The average Bonchev–Trinajstić information content (AvgIpc) is 2.68. The maximum Gasteiger partial charge on any atom is 0.234 e. The summed E-state index contributed by atoms with van der Waals surface area (Å²) in [5.74, 6) is -0.0798. The molecule has 0 bridgehead atoms. The second-order valence-electron chi connectivity index (χ2n) is 6.89. The highest BCUT2D eigenvalue weighted by Gasteiger charge is 2.26. The number of aromatic nitrogens is 1. The van der Waals surface area contributed by atoms with Gasteiger partial charge in [0.1, 0.15) is 0 Å². The Kier molecular flexibility index (Phi) is 6.54. The van der Waals surface area contributed by atoms with Crippen LogP contribution in [0.2, 0.25) is 0 Å². The topological polar surface area (TPSA) is 74.3 Å². The number of anilines is 1. The number of piperidine rings is 1. The van der Waals surface area contributed by atoms with Crippen LogP contribution in [0, 0.1) is 0 Å². The van der Waals surface area contributed by atoms with E-state index < -0.39 is 0 Å². The highest BCUT2D eigenvalue weighted by molar-refractivity contribution is 5.88. The summed E-state index contributed by atoms with van der Waals surface area (Å²) in [6, 6.07) is 13.7. The highest BCUT2D eigenvalue weighted by atomic mass is 16.2. The molecule has 0 radical (unpaired) electrons. The van der Waals surface area contributed by atoms with Gasteiger partial charge in [-0.3, -0.25) is 19.5 Å². The predicted molar refractivity (Wildman–Crippen MR) is 105 cm³/mol. The summed E-state index contributed by atoms with van der Waals surface area (Å²) in [4.78, 5) is 30.2. The minimum absolute atomic E-state index is 0.0174. The maximum atomic E-state index is 12.4. The van der Waals surface area contributed by atoms with E-state index in [1.54, 1.807) is 0 Å². The minimum atomic E-state index is -0.0972. The van der Waals surface area contributed by atoms with Crippen molar-refractivity contribution >= 4 is 17.5 Å². The van der Waals surface area contributed by atoms with E-state index in [4.69, 9.17) is 0 Å². The van der Waals surface area contributed by atoms with Gasteiger partial charge in [0.25, 0.3) is 0 Å². The number of rotatable bonds is 6. The minimum Gasteiger partial charge on any atom is -0.351 e. The Bertz CT molecular complexity index is 762. The van der Waals surface area contributed by atoms with Crippen molar-refractivity contribution in [3.8, 4) is 0 Å². The molecule has 2 aromatic rings. The van der Waals surface area contributed by atoms with Gasteiger partial charge in [-0.1, -0.05) is 24.6 Å². The molecule has 1 fully saturated rings. The fraction of sp³-hybridized carbons (Fsp3) is 0.381. The predicted octanol–water partition coefficient (Wildman–Crippen LogP) is 2.88. The van der Waals surface area contributed by atoms with Crippen molar-refractivity contribution in [3.63, 3.8) is 0 Å². The Labute approximate surface area is 160 Å². The van der Waals surface area contributed by atoms with Crippen molar-refractivity contribution in [2.24, 2.45) is 0 Å². The van der Waals surface area contributed by atoms with Crippen molar-refractivity contribution in [1.82, 2.24) is 15.2 Å². The van der Waals surface area contributed by atoms with Crippen LogP contribution in [0.5, 0.6) is 0 Å². The molecule has 1 aromatic heterocycles. The van der Waals surface area contributed by atoms with E-state index in [-0.39, 0.29) is 17.9 Å². The number of benzene rings is 1. The van der Waals surface area contributed by atoms with Crippen molar-refractivity contribution in [3.05, 3.63) is 59.9 Å². The zero-order valence-corrected chi connectivity index (χ0v) is 15.6. The van der Waals surface area contributed by atoms with Crippen LogP contribution in [0.25, 0.3) is 0 Å². The van der Waals surface area contributed by atoms with E-state index in [0.717, 1.165) is 36.3 Å². The number of carbonyl (C=O) groups is 2. The number of likely N-dealkylation sites (tertiary alicyclic amines) is 1. The summed E-state index contributed by atoms with van der Waals surface area (Å²) < 4.78 is 0. The normalized spacial score (nSPS) is 17.3. The lowest BCUT2D eigenvalue weighted by Gasteiger charge is -2.34. The van der Waals surface area contributed by atoms with E-state index in [0.29, 0.717) is 13.1 Å². The smallest absolute Gasteiger partial charge is 0.234 e. The fourth-order valence-electron chi connectivity index (χ4n) is 3.44. The number of amides is 2. The molecule has 142 valence electrons. The van der Waals surface area contributed by atoms with Gasteiger partial charge in [-0.15, -0.1) is 0 Å². The Hall–Kier alpha value is -2.73. The largest absolute Gasteiger partial charge is 0.351 e. The zero-order chi connectivity index (χ0) is 19.1. The monoisotopic (exact) mass is 366 g/mol. The summed E-state index contributed by atoms with van der Waals surface area (Å²) in [6.07, 6.45) is 5.13. The van der Waals surface area contributed by atoms with Gasteiger partial charge in [0.15, 0.2) is 0 Å². The number of pyridine rings is 1. The van der Waals surface area contributed by atoms with Gasteiger partial charge in [0.05, 0.1) is 18.3 Å². The summed E-state index contributed by atoms with van der Waals surface area (Å²) in [6.45, 7) is 3.25.